The van der Waals surface area contributed by atoms with E-state index < -0.39 is 0 Å². The molecule has 0 unspecified atom stereocenters. The van der Waals surface area contributed by atoms with Gasteiger partial charge in [0.05, 0.1) is 13.2 Å². The Balaban J connectivity index is 1.57. The number of ether oxygens (including phenoxy) is 1. The molecule has 2 amide bonds. The number of hydrogen-bond acceptors (Lipinski definition) is 3. The standard InChI is InChI=1S/C14H25N3O2/c18-14(16-7-9-19-10-8-16)17(13-1-2-13)11-12-3-5-15-6-4-12/h12-13,15H,1-11H2. The fraction of sp³-hybridized carbons (Fsp3) is 0.929. The molecule has 0 radical (unpaired) electrons. The summed E-state index contributed by atoms with van der Waals surface area (Å²) in [6.45, 7) is 6.07. The van der Waals surface area contributed by atoms with Crippen molar-refractivity contribution >= 4 is 6.03 Å². The Labute approximate surface area is 115 Å². The number of piperidine rings is 1. The van der Waals surface area contributed by atoms with Gasteiger partial charge in [-0.2, -0.15) is 0 Å². The molecular formula is C14H25N3O2. The van der Waals surface area contributed by atoms with Crippen LogP contribution in [0.4, 0.5) is 4.79 Å². The molecule has 0 aromatic heterocycles. The number of rotatable bonds is 3. The quantitative estimate of drug-likeness (QED) is 0.826. The van der Waals surface area contributed by atoms with Crippen LogP contribution in [0.2, 0.25) is 0 Å². The molecule has 3 aliphatic rings. The van der Waals surface area contributed by atoms with Crippen molar-refractivity contribution < 1.29 is 9.53 Å². The molecule has 5 nitrogen and oxygen atoms in total. The number of carbonyl (C=O) groups is 1. The summed E-state index contributed by atoms with van der Waals surface area (Å²) in [7, 11) is 0. The van der Waals surface area contributed by atoms with Crippen LogP contribution >= 0.6 is 0 Å². The average molecular weight is 267 g/mol. The van der Waals surface area contributed by atoms with Crippen LogP contribution in [0.3, 0.4) is 0 Å². The predicted octanol–water partition coefficient (Wildman–Crippen LogP) is 0.903. The fourth-order valence-corrected chi connectivity index (χ4v) is 3.05. The van der Waals surface area contributed by atoms with Crippen molar-refractivity contribution in [2.45, 2.75) is 31.7 Å². The van der Waals surface area contributed by atoms with Crippen molar-refractivity contribution in [2.24, 2.45) is 5.92 Å². The highest BCUT2D eigenvalue weighted by molar-refractivity contribution is 5.75. The van der Waals surface area contributed by atoms with Crippen LogP contribution in [0.25, 0.3) is 0 Å². The molecule has 2 saturated heterocycles. The van der Waals surface area contributed by atoms with E-state index in [9.17, 15) is 4.79 Å². The SMILES string of the molecule is O=C(N1CCOCC1)N(CC1CCNCC1)C1CC1. The minimum Gasteiger partial charge on any atom is -0.378 e. The van der Waals surface area contributed by atoms with E-state index in [1.165, 1.54) is 25.7 Å². The Morgan fingerprint density at radius 3 is 2.47 bits per heavy atom. The van der Waals surface area contributed by atoms with Crippen LogP contribution in [0.1, 0.15) is 25.7 Å². The maximum Gasteiger partial charge on any atom is 0.320 e. The first kappa shape index (κ1) is 13.2. The summed E-state index contributed by atoms with van der Waals surface area (Å²) in [4.78, 5) is 16.8. The molecule has 1 saturated carbocycles. The first-order valence-electron chi connectivity index (χ1n) is 7.68. The molecule has 5 heteroatoms. The van der Waals surface area contributed by atoms with Gasteiger partial charge in [-0.25, -0.2) is 4.79 Å². The number of morpholine rings is 1. The maximum atomic E-state index is 12.6. The van der Waals surface area contributed by atoms with Crippen LogP contribution in [0, 0.1) is 5.92 Å². The summed E-state index contributed by atoms with van der Waals surface area (Å²) < 4.78 is 5.34. The maximum absolute atomic E-state index is 12.6. The second-order valence-electron chi connectivity index (χ2n) is 5.96. The number of urea groups is 1. The van der Waals surface area contributed by atoms with Crippen LogP contribution in [-0.2, 0) is 4.74 Å². The Morgan fingerprint density at radius 1 is 1.16 bits per heavy atom. The van der Waals surface area contributed by atoms with Crippen molar-refractivity contribution in [1.82, 2.24) is 15.1 Å². The van der Waals surface area contributed by atoms with Gasteiger partial charge in [0.2, 0.25) is 0 Å². The van der Waals surface area contributed by atoms with E-state index in [0.717, 1.165) is 32.7 Å². The first-order chi connectivity index (χ1) is 9.34. The second-order valence-corrected chi connectivity index (χ2v) is 5.96. The van der Waals surface area contributed by atoms with Gasteiger partial charge in [-0.3, -0.25) is 0 Å². The van der Waals surface area contributed by atoms with E-state index >= 15 is 0 Å². The van der Waals surface area contributed by atoms with E-state index in [2.05, 4.69) is 10.2 Å². The summed E-state index contributed by atoms with van der Waals surface area (Å²) in [5, 5.41) is 3.40. The Morgan fingerprint density at radius 2 is 1.84 bits per heavy atom. The van der Waals surface area contributed by atoms with Crippen LogP contribution < -0.4 is 5.32 Å². The van der Waals surface area contributed by atoms with Gasteiger partial charge in [0, 0.05) is 25.7 Å². The van der Waals surface area contributed by atoms with E-state index in [0.29, 0.717) is 25.2 Å². The van der Waals surface area contributed by atoms with Gasteiger partial charge < -0.3 is 19.9 Å². The van der Waals surface area contributed by atoms with Gasteiger partial charge in [-0.1, -0.05) is 0 Å². The lowest BCUT2D eigenvalue weighted by Crippen LogP contribution is -2.50. The summed E-state index contributed by atoms with van der Waals surface area (Å²) in [5.41, 5.74) is 0. The Hall–Kier alpha value is -0.810. The highest BCUT2D eigenvalue weighted by atomic mass is 16.5. The summed E-state index contributed by atoms with van der Waals surface area (Å²) in [6, 6.07) is 0.773. The Bertz CT molecular complexity index is 308. The van der Waals surface area contributed by atoms with E-state index in [4.69, 9.17) is 4.74 Å². The third-order valence-corrected chi connectivity index (χ3v) is 4.43. The molecule has 3 rings (SSSR count). The van der Waals surface area contributed by atoms with Crippen molar-refractivity contribution in [2.75, 3.05) is 45.9 Å². The zero-order valence-corrected chi connectivity index (χ0v) is 11.6. The van der Waals surface area contributed by atoms with Crippen LogP contribution in [0.15, 0.2) is 0 Å². The van der Waals surface area contributed by atoms with Gasteiger partial charge in [0.1, 0.15) is 0 Å². The lowest BCUT2D eigenvalue weighted by Gasteiger charge is -2.35. The number of amides is 2. The van der Waals surface area contributed by atoms with Gasteiger partial charge in [-0.05, 0) is 44.7 Å². The highest BCUT2D eigenvalue weighted by Gasteiger charge is 2.36. The summed E-state index contributed by atoms with van der Waals surface area (Å²) in [6.07, 6.45) is 4.81. The smallest absolute Gasteiger partial charge is 0.320 e. The van der Waals surface area contributed by atoms with Crippen molar-refractivity contribution in [1.29, 1.82) is 0 Å². The molecule has 0 aromatic rings. The van der Waals surface area contributed by atoms with Crippen LogP contribution in [-0.4, -0.2) is 67.8 Å². The molecule has 2 aliphatic heterocycles. The molecule has 0 bridgehead atoms. The van der Waals surface area contributed by atoms with Gasteiger partial charge >= 0.3 is 6.03 Å². The summed E-state index contributed by atoms with van der Waals surface area (Å²) in [5.74, 6) is 0.687. The summed E-state index contributed by atoms with van der Waals surface area (Å²) >= 11 is 0. The normalized spacial score (nSPS) is 25.4. The van der Waals surface area contributed by atoms with E-state index in [1.54, 1.807) is 0 Å². The molecular weight excluding hydrogens is 242 g/mol. The predicted molar refractivity (Wildman–Crippen MR) is 73.1 cm³/mol. The van der Waals surface area contributed by atoms with E-state index in [1.807, 2.05) is 4.90 Å². The fourth-order valence-electron chi connectivity index (χ4n) is 3.05. The minimum atomic E-state index is 0.254. The van der Waals surface area contributed by atoms with Crippen molar-refractivity contribution in [3.63, 3.8) is 0 Å². The molecule has 2 heterocycles. The molecule has 1 aliphatic carbocycles. The van der Waals surface area contributed by atoms with Crippen molar-refractivity contribution in [3.8, 4) is 0 Å². The second kappa shape index (κ2) is 6.09. The number of carbonyl (C=O) groups excluding carboxylic acids is 1. The zero-order chi connectivity index (χ0) is 13.1. The van der Waals surface area contributed by atoms with Gasteiger partial charge in [0.15, 0.2) is 0 Å². The molecule has 0 aromatic carbocycles. The average Bonchev–Trinajstić information content (AvgIpc) is 3.31. The zero-order valence-electron chi connectivity index (χ0n) is 11.6. The minimum absolute atomic E-state index is 0.254. The van der Waals surface area contributed by atoms with Crippen molar-refractivity contribution in [3.05, 3.63) is 0 Å². The molecule has 3 fully saturated rings. The number of nitrogens with zero attached hydrogens (tertiary/aromatic N) is 2. The monoisotopic (exact) mass is 267 g/mol. The third-order valence-electron chi connectivity index (χ3n) is 4.43. The van der Waals surface area contributed by atoms with Gasteiger partial charge in [0.25, 0.3) is 0 Å². The molecule has 0 spiro atoms. The molecule has 1 N–H and O–H groups in total. The van der Waals surface area contributed by atoms with E-state index in [-0.39, 0.29) is 6.03 Å². The molecule has 19 heavy (non-hydrogen) atoms. The molecule has 0 atom stereocenters. The first-order valence-corrected chi connectivity index (χ1v) is 7.68. The lowest BCUT2D eigenvalue weighted by atomic mass is 9.97. The largest absolute Gasteiger partial charge is 0.378 e. The number of nitrogens with one attached hydrogen (secondary N) is 1. The molecule has 108 valence electrons. The third kappa shape index (κ3) is 3.39. The van der Waals surface area contributed by atoms with Gasteiger partial charge in [-0.15, -0.1) is 0 Å². The van der Waals surface area contributed by atoms with Crippen LogP contribution in [0.5, 0.6) is 0 Å². The lowest BCUT2D eigenvalue weighted by molar-refractivity contribution is 0.0405. The Kier molecular flexibility index (Phi) is 4.23. The highest BCUT2D eigenvalue weighted by Crippen LogP contribution is 2.30. The number of hydrogen-bond donors (Lipinski definition) is 1. The topological polar surface area (TPSA) is 44.8 Å².